The highest BCUT2D eigenvalue weighted by molar-refractivity contribution is 7.92. The Morgan fingerprint density at radius 2 is 1.66 bits per heavy atom. The molecule has 1 aromatic heterocycles. The van der Waals surface area contributed by atoms with Crippen molar-refractivity contribution in [3.63, 3.8) is 0 Å². The van der Waals surface area contributed by atoms with E-state index in [9.17, 15) is 23.3 Å². The first-order chi connectivity index (χ1) is 18.1. The van der Waals surface area contributed by atoms with E-state index in [-0.39, 0.29) is 10.6 Å². The summed E-state index contributed by atoms with van der Waals surface area (Å²) in [7, 11) is -4.04. The van der Waals surface area contributed by atoms with Gasteiger partial charge in [0.15, 0.2) is 0 Å². The molecular formula is C27H24N4O6S. The number of nitro groups is 1. The van der Waals surface area contributed by atoms with Gasteiger partial charge >= 0.3 is 0 Å². The number of nitro benzene ring substituents is 1. The van der Waals surface area contributed by atoms with Crippen molar-refractivity contribution in [3.8, 4) is 11.3 Å². The standard InChI is InChI=1S/C27H24N4O6S/c1-19-14-20(2)16-23(15-19)30(38(35,36)25-6-4-3-5-7-25)18-27(32)29-28-17-24-12-13-26(37-24)21-8-10-22(11-9-21)31(33)34/h3-17H,18H2,1-2H3,(H,29,32)/b28-17-. The number of amides is 1. The van der Waals surface area contributed by atoms with Crippen LogP contribution in [0.25, 0.3) is 11.3 Å². The monoisotopic (exact) mass is 532 g/mol. The minimum atomic E-state index is -4.04. The molecule has 1 heterocycles. The molecule has 4 rings (SSSR count). The lowest BCUT2D eigenvalue weighted by atomic mass is 10.1. The van der Waals surface area contributed by atoms with E-state index < -0.39 is 27.4 Å². The molecule has 1 amide bonds. The maximum Gasteiger partial charge on any atom is 0.269 e. The van der Waals surface area contributed by atoms with Gasteiger partial charge in [0, 0.05) is 17.7 Å². The first kappa shape index (κ1) is 26.3. The summed E-state index contributed by atoms with van der Waals surface area (Å²) in [6.07, 6.45) is 1.28. The summed E-state index contributed by atoms with van der Waals surface area (Å²) in [6.45, 7) is 3.20. The summed E-state index contributed by atoms with van der Waals surface area (Å²) in [4.78, 5) is 23.2. The highest BCUT2D eigenvalue weighted by Crippen LogP contribution is 2.26. The third-order valence-corrected chi connectivity index (χ3v) is 7.27. The Morgan fingerprint density at radius 1 is 1.00 bits per heavy atom. The summed E-state index contributed by atoms with van der Waals surface area (Å²) in [5, 5.41) is 14.7. The van der Waals surface area contributed by atoms with Crippen molar-refractivity contribution in [3.05, 3.63) is 112 Å². The number of non-ortho nitro benzene ring substituents is 1. The molecule has 0 radical (unpaired) electrons. The fourth-order valence-corrected chi connectivity index (χ4v) is 5.21. The molecule has 194 valence electrons. The molecule has 10 nitrogen and oxygen atoms in total. The molecule has 0 unspecified atom stereocenters. The Bertz CT molecular complexity index is 1580. The topological polar surface area (TPSA) is 135 Å². The van der Waals surface area contributed by atoms with Gasteiger partial charge in [0.05, 0.1) is 21.7 Å². The number of nitrogens with one attached hydrogen (secondary N) is 1. The maximum absolute atomic E-state index is 13.4. The van der Waals surface area contributed by atoms with E-state index in [2.05, 4.69) is 10.5 Å². The normalized spacial score (nSPS) is 11.4. The highest BCUT2D eigenvalue weighted by Gasteiger charge is 2.27. The fraction of sp³-hybridized carbons (Fsp3) is 0.111. The number of aryl methyl sites for hydroxylation is 2. The number of nitrogens with zero attached hydrogens (tertiary/aromatic N) is 3. The molecule has 0 aliphatic carbocycles. The van der Waals surface area contributed by atoms with Crippen molar-refractivity contribution in [2.75, 3.05) is 10.8 Å². The van der Waals surface area contributed by atoms with E-state index in [1.165, 1.54) is 30.5 Å². The van der Waals surface area contributed by atoms with Gasteiger partial charge in [0.25, 0.3) is 21.6 Å². The number of rotatable bonds is 9. The summed E-state index contributed by atoms with van der Waals surface area (Å²) < 4.78 is 33.6. The zero-order valence-corrected chi connectivity index (χ0v) is 21.4. The second-order valence-electron chi connectivity index (χ2n) is 8.47. The van der Waals surface area contributed by atoms with Gasteiger partial charge in [-0.15, -0.1) is 0 Å². The molecule has 0 saturated carbocycles. The minimum absolute atomic E-state index is 0.0334. The third-order valence-electron chi connectivity index (χ3n) is 5.48. The number of anilines is 1. The van der Waals surface area contributed by atoms with Gasteiger partial charge in [-0.05, 0) is 73.5 Å². The van der Waals surface area contributed by atoms with Crippen LogP contribution in [0.4, 0.5) is 11.4 Å². The quantitative estimate of drug-likeness (QED) is 0.187. The second kappa shape index (κ2) is 11.1. The predicted molar refractivity (Wildman–Crippen MR) is 143 cm³/mol. The van der Waals surface area contributed by atoms with E-state index in [0.717, 1.165) is 15.4 Å². The molecule has 1 N–H and O–H groups in total. The third kappa shape index (κ3) is 6.13. The van der Waals surface area contributed by atoms with Gasteiger partial charge < -0.3 is 4.42 Å². The lowest BCUT2D eigenvalue weighted by Gasteiger charge is -2.24. The number of hydrogen-bond acceptors (Lipinski definition) is 7. The van der Waals surface area contributed by atoms with Crippen molar-refractivity contribution in [2.24, 2.45) is 5.10 Å². The van der Waals surface area contributed by atoms with Crippen molar-refractivity contribution >= 4 is 33.5 Å². The van der Waals surface area contributed by atoms with Gasteiger partial charge in [-0.1, -0.05) is 24.3 Å². The average molecular weight is 533 g/mol. The number of hydrazone groups is 1. The minimum Gasteiger partial charge on any atom is -0.455 e. The first-order valence-corrected chi connectivity index (χ1v) is 12.9. The van der Waals surface area contributed by atoms with Crippen LogP contribution in [0.5, 0.6) is 0 Å². The molecule has 11 heteroatoms. The molecule has 4 aromatic rings. The van der Waals surface area contributed by atoms with Crippen LogP contribution in [-0.2, 0) is 14.8 Å². The van der Waals surface area contributed by atoms with Crippen LogP contribution in [0, 0.1) is 24.0 Å². The van der Waals surface area contributed by atoms with E-state index >= 15 is 0 Å². The lowest BCUT2D eigenvalue weighted by Crippen LogP contribution is -2.39. The van der Waals surface area contributed by atoms with Crippen LogP contribution >= 0.6 is 0 Å². The molecular weight excluding hydrogens is 508 g/mol. The summed E-state index contributed by atoms with van der Waals surface area (Å²) in [6, 6.07) is 22.4. The Hall–Kier alpha value is -4.77. The van der Waals surface area contributed by atoms with E-state index in [4.69, 9.17) is 4.42 Å². The molecule has 0 spiro atoms. The van der Waals surface area contributed by atoms with Crippen LogP contribution in [0.15, 0.2) is 99.3 Å². The van der Waals surface area contributed by atoms with Gasteiger partial charge in [-0.25, -0.2) is 13.8 Å². The van der Waals surface area contributed by atoms with Crippen molar-refractivity contribution in [2.45, 2.75) is 18.7 Å². The summed E-state index contributed by atoms with van der Waals surface area (Å²) in [5.74, 6) is 0.131. The number of furan rings is 1. The van der Waals surface area contributed by atoms with E-state index in [1.54, 1.807) is 54.6 Å². The van der Waals surface area contributed by atoms with Gasteiger partial charge in [-0.2, -0.15) is 5.10 Å². The Kier molecular flexibility index (Phi) is 7.68. The van der Waals surface area contributed by atoms with Gasteiger partial charge in [-0.3, -0.25) is 19.2 Å². The van der Waals surface area contributed by atoms with Crippen LogP contribution in [0.1, 0.15) is 16.9 Å². The number of sulfonamides is 1. The number of carbonyl (C=O) groups is 1. The number of hydrogen-bond donors (Lipinski definition) is 1. The van der Waals surface area contributed by atoms with Gasteiger partial charge in [0.1, 0.15) is 18.1 Å². The molecule has 0 aliphatic rings. The van der Waals surface area contributed by atoms with E-state index in [1.807, 2.05) is 19.9 Å². The van der Waals surface area contributed by atoms with E-state index in [0.29, 0.717) is 22.8 Å². The SMILES string of the molecule is Cc1cc(C)cc(N(CC(=O)N/N=C\c2ccc(-c3ccc([N+](=O)[O-])cc3)o2)S(=O)(=O)c2ccccc2)c1. The summed E-state index contributed by atoms with van der Waals surface area (Å²) >= 11 is 0. The molecule has 0 saturated heterocycles. The average Bonchev–Trinajstić information content (AvgIpc) is 3.36. The Balaban J connectivity index is 1.49. The fourth-order valence-electron chi connectivity index (χ4n) is 3.79. The second-order valence-corrected chi connectivity index (χ2v) is 10.3. The van der Waals surface area contributed by atoms with Crippen LogP contribution in [0.2, 0.25) is 0 Å². The molecule has 0 atom stereocenters. The lowest BCUT2D eigenvalue weighted by molar-refractivity contribution is -0.384. The first-order valence-electron chi connectivity index (χ1n) is 11.5. The Morgan fingerprint density at radius 3 is 2.29 bits per heavy atom. The number of benzene rings is 3. The van der Waals surface area contributed by atoms with Crippen LogP contribution in [0.3, 0.4) is 0 Å². The molecule has 0 aliphatic heterocycles. The highest BCUT2D eigenvalue weighted by atomic mass is 32.2. The van der Waals surface area contributed by atoms with Crippen LogP contribution < -0.4 is 9.73 Å². The van der Waals surface area contributed by atoms with Crippen molar-refractivity contribution in [1.82, 2.24) is 5.43 Å². The van der Waals surface area contributed by atoms with Crippen molar-refractivity contribution in [1.29, 1.82) is 0 Å². The summed E-state index contributed by atoms with van der Waals surface area (Å²) in [5.41, 5.74) is 5.02. The zero-order chi connectivity index (χ0) is 27.3. The molecule has 38 heavy (non-hydrogen) atoms. The zero-order valence-electron chi connectivity index (χ0n) is 20.6. The molecule has 3 aromatic carbocycles. The van der Waals surface area contributed by atoms with Crippen molar-refractivity contribution < 1.29 is 22.6 Å². The molecule has 0 bridgehead atoms. The predicted octanol–water partition coefficient (Wildman–Crippen LogP) is 4.82. The molecule has 0 fully saturated rings. The number of carbonyl (C=O) groups excluding carboxylic acids is 1. The Labute approximate surface area is 219 Å². The smallest absolute Gasteiger partial charge is 0.269 e. The van der Waals surface area contributed by atoms with Crippen LogP contribution in [-0.4, -0.2) is 32.0 Å². The maximum atomic E-state index is 13.4. The largest absolute Gasteiger partial charge is 0.455 e. The van der Waals surface area contributed by atoms with Gasteiger partial charge in [0.2, 0.25) is 0 Å².